The lowest BCUT2D eigenvalue weighted by Crippen LogP contribution is -2.22. The van der Waals surface area contributed by atoms with Gasteiger partial charge in [-0.15, -0.1) is 11.6 Å². The molecule has 3 nitrogen and oxygen atoms in total. The summed E-state index contributed by atoms with van der Waals surface area (Å²) in [5.41, 5.74) is 0.233. The number of aliphatic hydroxyl groups excluding tert-OH is 1. The van der Waals surface area contributed by atoms with Gasteiger partial charge in [0.05, 0.1) is 0 Å². The van der Waals surface area contributed by atoms with Gasteiger partial charge >= 0.3 is 0 Å². The summed E-state index contributed by atoms with van der Waals surface area (Å²) in [4.78, 5) is 0. The lowest BCUT2D eigenvalue weighted by Gasteiger charge is -2.16. The van der Waals surface area contributed by atoms with Gasteiger partial charge in [-0.25, -0.2) is 8.42 Å². The Morgan fingerprint density at radius 3 is 2.31 bits per heavy atom. The SMILES string of the molecule is CS(=O)(=O)[C@H](Cl)[C@@H](O)c1ccc(Cl)cc1Cl. The van der Waals surface area contributed by atoms with Crippen molar-refractivity contribution in [3.05, 3.63) is 33.8 Å². The first-order valence-corrected chi connectivity index (χ1v) is 7.34. The summed E-state index contributed by atoms with van der Waals surface area (Å²) in [5, 5.41) is 10.3. The third-order valence-electron chi connectivity index (χ3n) is 1.94. The molecule has 0 aliphatic heterocycles. The van der Waals surface area contributed by atoms with E-state index < -0.39 is 20.7 Å². The van der Waals surface area contributed by atoms with E-state index in [4.69, 9.17) is 34.8 Å². The zero-order valence-corrected chi connectivity index (χ0v) is 11.3. The predicted octanol–water partition coefficient (Wildman–Crippen LogP) is 2.64. The molecule has 0 fully saturated rings. The van der Waals surface area contributed by atoms with Gasteiger partial charge in [-0.05, 0) is 12.1 Å². The molecule has 16 heavy (non-hydrogen) atoms. The van der Waals surface area contributed by atoms with Crippen LogP contribution in [0.25, 0.3) is 0 Å². The van der Waals surface area contributed by atoms with E-state index in [9.17, 15) is 13.5 Å². The second kappa shape index (κ2) is 5.10. The maximum Gasteiger partial charge on any atom is 0.167 e. The Morgan fingerprint density at radius 2 is 1.88 bits per heavy atom. The molecule has 7 heteroatoms. The third-order valence-corrected chi connectivity index (χ3v) is 4.79. The van der Waals surface area contributed by atoms with Crippen LogP contribution in [-0.4, -0.2) is 24.5 Å². The summed E-state index contributed by atoms with van der Waals surface area (Å²) in [6.45, 7) is 0. The molecule has 0 unspecified atom stereocenters. The highest BCUT2D eigenvalue weighted by Crippen LogP contribution is 2.31. The van der Waals surface area contributed by atoms with Crippen LogP contribution in [0.4, 0.5) is 0 Å². The summed E-state index contributed by atoms with van der Waals surface area (Å²) < 4.78 is 20.9. The fourth-order valence-electron chi connectivity index (χ4n) is 1.12. The van der Waals surface area contributed by atoms with E-state index in [0.717, 1.165) is 6.26 Å². The van der Waals surface area contributed by atoms with Gasteiger partial charge in [0.25, 0.3) is 0 Å². The van der Waals surface area contributed by atoms with Gasteiger partial charge in [-0.1, -0.05) is 29.3 Å². The Labute approximate surface area is 109 Å². The first kappa shape index (κ1) is 14.1. The number of hydrogen-bond acceptors (Lipinski definition) is 3. The molecule has 1 aromatic rings. The van der Waals surface area contributed by atoms with Crippen LogP contribution in [0.5, 0.6) is 0 Å². The summed E-state index contributed by atoms with van der Waals surface area (Å²) >= 11 is 17.1. The van der Waals surface area contributed by atoms with Crippen molar-refractivity contribution in [3.8, 4) is 0 Å². The number of aliphatic hydroxyl groups is 1. The quantitative estimate of drug-likeness (QED) is 0.873. The number of alkyl halides is 1. The zero-order valence-electron chi connectivity index (χ0n) is 8.19. The number of hydrogen-bond donors (Lipinski definition) is 1. The van der Waals surface area contributed by atoms with Crippen molar-refractivity contribution in [2.24, 2.45) is 0 Å². The minimum atomic E-state index is -3.55. The third kappa shape index (κ3) is 3.25. The maximum absolute atomic E-state index is 11.2. The lowest BCUT2D eigenvalue weighted by molar-refractivity contribution is 0.192. The van der Waals surface area contributed by atoms with Crippen molar-refractivity contribution in [2.75, 3.05) is 6.26 Å². The highest BCUT2D eigenvalue weighted by Gasteiger charge is 2.29. The average molecular weight is 304 g/mol. The Kier molecular flexibility index (Phi) is 4.49. The average Bonchev–Trinajstić information content (AvgIpc) is 2.14. The molecule has 0 aliphatic rings. The Bertz CT molecular complexity index is 487. The van der Waals surface area contributed by atoms with Gasteiger partial charge in [0.1, 0.15) is 6.10 Å². The van der Waals surface area contributed by atoms with Crippen molar-refractivity contribution in [2.45, 2.75) is 10.8 Å². The van der Waals surface area contributed by atoms with Crippen LogP contribution in [0, 0.1) is 0 Å². The summed E-state index contributed by atoms with van der Waals surface area (Å²) in [5.74, 6) is 0. The molecule has 1 N–H and O–H groups in total. The van der Waals surface area contributed by atoms with Crippen molar-refractivity contribution >= 4 is 44.6 Å². The van der Waals surface area contributed by atoms with Crippen molar-refractivity contribution in [1.29, 1.82) is 0 Å². The molecule has 0 aliphatic carbocycles. The first-order valence-electron chi connectivity index (χ1n) is 4.19. The highest BCUT2D eigenvalue weighted by molar-refractivity contribution is 7.92. The van der Waals surface area contributed by atoms with Gasteiger partial charge in [0, 0.05) is 21.9 Å². The molecule has 0 amide bonds. The largest absolute Gasteiger partial charge is 0.386 e. The van der Waals surface area contributed by atoms with Crippen molar-refractivity contribution in [1.82, 2.24) is 0 Å². The van der Waals surface area contributed by atoms with Crippen molar-refractivity contribution in [3.63, 3.8) is 0 Å². The minimum Gasteiger partial charge on any atom is -0.386 e. The van der Waals surface area contributed by atoms with Crippen LogP contribution < -0.4 is 0 Å². The molecular formula is C9H9Cl3O3S. The molecular weight excluding hydrogens is 295 g/mol. The minimum absolute atomic E-state index is 0.175. The van der Waals surface area contributed by atoms with Crippen molar-refractivity contribution < 1.29 is 13.5 Å². The van der Waals surface area contributed by atoms with Gasteiger partial charge in [0.2, 0.25) is 0 Å². The van der Waals surface area contributed by atoms with E-state index in [-0.39, 0.29) is 10.6 Å². The second-order valence-electron chi connectivity index (χ2n) is 3.29. The normalized spacial score (nSPS) is 15.8. The van der Waals surface area contributed by atoms with E-state index >= 15 is 0 Å². The molecule has 90 valence electrons. The molecule has 2 atom stereocenters. The Balaban J connectivity index is 3.10. The molecule has 0 bridgehead atoms. The van der Waals surface area contributed by atoms with E-state index in [1.165, 1.54) is 18.2 Å². The van der Waals surface area contributed by atoms with E-state index in [1.54, 1.807) is 0 Å². The Morgan fingerprint density at radius 1 is 1.31 bits per heavy atom. The monoisotopic (exact) mass is 302 g/mol. The number of rotatable bonds is 3. The standard InChI is InChI=1S/C9H9Cl3O3S/c1-16(14,15)9(12)8(13)6-3-2-5(10)4-7(6)11/h2-4,8-9,13H,1H3/t8-,9-/m0/s1. The second-order valence-corrected chi connectivity index (χ2v) is 7.03. The fraction of sp³-hybridized carbons (Fsp3) is 0.333. The molecule has 0 radical (unpaired) electrons. The topological polar surface area (TPSA) is 54.4 Å². The van der Waals surface area contributed by atoms with Crippen LogP contribution in [0.3, 0.4) is 0 Å². The summed E-state index contributed by atoms with van der Waals surface area (Å²) in [7, 11) is -3.55. The maximum atomic E-state index is 11.2. The molecule has 1 aromatic carbocycles. The lowest BCUT2D eigenvalue weighted by atomic mass is 10.1. The number of halogens is 3. The highest BCUT2D eigenvalue weighted by atomic mass is 35.5. The van der Waals surface area contributed by atoms with Gasteiger partial charge in [-0.2, -0.15) is 0 Å². The first-order chi connectivity index (χ1) is 7.23. The van der Waals surface area contributed by atoms with Crippen LogP contribution in [-0.2, 0) is 9.84 Å². The smallest absolute Gasteiger partial charge is 0.167 e. The molecule has 0 saturated carbocycles. The number of sulfone groups is 1. The van der Waals surface area contributed by atoms with Crippen LogP contribution in [0.1, 0.15) is 11.7 Å². The molecule has 0 aromatic heterocycles. The van der Waals surface area contributed by atoms with Crippen LogP contribution in [0.2, 0.25) is 10.0 Å². The summed E-state index contributed by atoms with van der Waals surface area (Å²) in [6.07, 6.45) is -0.445. The Hall–Kier alpha value is -0.000000000000000111. The van der Waals surface area contributed by atoms with Gasteiger partial charge in [0.15, 0.2) is 14.5 Å². The predicted molar refractivity (Wildman–Crippen MR) is 65.9 cm³/mol. The van der Waals surface area contributed by atoms with Crippen LogP contribution in [0.15, 0.2) is 18.2 Å². The zero-order chi connectivity index (χ0) is 12.5. The molecule has 0 saturated heterocycles. The molecule has 0 heterocycles. The van der Waals surface area contributed by atoms with E-state index in [1.807, 2.05) is 0 Å². The summed E-state index contributed by atoms with van der Waals surface area (Å²) in [6, 6.07) is 4.35. The molecule has 0 spiro atoms. The number of benzene rings is 1. The van der Waals surface area contributed by atoms with E-state index in [0.29, 0.717) is 5.02 Å². The fourth-order valence-corrected chi connectivity index (χ4v) is 2.39. The van der Waals surface area contributed by atoms with Crippen LogP contribution >= 0.6 is 34.8 Å². The van der Waals surface area contributed by atoms with Gasteiger partial charge in [-0.3, -0.25) is 0 Å². The van der Waals surface area contributed by atoms with E-state index in [2.05, 4.69) is 0 Å². The van der Waals surface area contributed by atoms with Gasteiger partial charge < -0.3 is 5.11 Å². The molecule has 1 rings (SSSR count).